The van der Waals surface area contributed by atoms with Crippen molar-refractivity contribution in [1.29, 1.82) is 0 Å². The normalized spacial score (nSPS) is 9.90. The summed E-state index contributed by atoms with van der Waals surface area (Å²) in [4.78, 5) is 32.5. The predicted molar refractivity (Wildman–Crippen MR) is 65.3 cm³/mol. The van der Waals surface area contributed by atoms with Crippen LogP contribution in [0.2, 0.25) is 0 Å². The fourth-order valence-corrected chi connectivity index (χ4v) is 1.03. The van der Waals surface area contributed by atoms with E-state index >= 15 is 0 Å². The van der Waals surface area contributed by atoms with Crippen molar-refractivity contribution in [3.63, 3.8) is 0 Å². The first-order chi connectivity index (χ1) is 9.58. The largest absolute Gasteiger partial charge is 2.00 e. The van der Waals surface area contributed by atoms with Crippen LogP contribution in [0, 0.1) is 0 Å². The summed E-state index contributed by atoms with van der Waals surface area (Å²) in [6, 6.07) is 0. The summed E-state index contributed by atoms with van der Waals surface area (Å²) in [5.41, 5.74) is 1.29. The molecule has 109 valence electrons. The second-order valence-corrected chi connectivity index (χ2v) is 3.32. The molecule has 0 saturated carbocycles. The first-order valence-corrected chi connectivity index (χ1v) is 5.33. The molecule has 2 heterocycles. The van der Waals surface area contributed by atoms with E-state index in [9.17, 15) is 19.8 Å². The van der Waals surface area contributed by atoms with Crippen LogP contribution in [0.4, 0.5) is 0 Å². The number of carboxylic acid groups (broad SMARTS) is 2. The van der Waals surface area contributed by atoms with E-state index in [4.69, 9.17) is 0 Å². The third-order valence-electron chi connectivity index (χ3n) is 1.84. The van der Waals surface area contributed by atoms with Crippen LogP contribution in [0.15, 0.2) is 37.2 Å². The van der Waals surface area contributed by atoms with E-state index in [1.54, 1.807) is 0 Å². The quantitative estimate of drug-likeness (QED) is 0.509. The number of hydrogen-bond donors (Lipinski definition) is 2. The SMILES string of the molecule is O=C([O-])C=Cc1cnc[nH]1.O=C([O-])C=Cc1cnc[nH]1.[Mn+2]. The van der Waals surface area contributed by atoms with Crippen molar-refractivity contribution in [2.75, 3.05) is 0 Å². The molecule has 0 aliphatic carbocycles. The molecule has 0 aliphatic heterocycles. The zero-order chi connectivity index (χ0) is 14.8. The predicted octanol–water partition coefficient (Wildman–Crippen LogP) is -1.66. The third kappa shape index (κ3) is 8.98. The van der Waals surface area contributed by atoms with Gasteiger partial charge in [-0.25, -0.2) is 9.97 Å². The third-order valence-corrected chi connectivity index (χ3v) is 1.84. The van der Waals surface area contributed by atoms with Crippen molar-refractivity contribution in [2.45, 2.75) is 0 Å². The average Bonchev–Trinajstić information content (AvgIpc) is 3.08. The number of rotatable bonds is 4. The van der Waals surface area contributed by atoms with Crippen LogP contribution < -0.4 is 10.2 Å². The van der Waals surface area contributed by atoms with Gasteiger partial charge in [-0.05, 0) is 24.3 Å². The topological polar surface area (TPSA) is 138 Å². The Morgan fingerprint density at radius 2 is 1.29 bits per heavy atom. The van der Waals surface area contributed by atoms with Gasteiger partial charge in [0, 0.05) is 0 Å². The maximum atomic E-state index is 9.86. The molecule has 0 saturated heterocycles. The first kappa shape index (κ1) is 18.4. The van der Waals surface area contributed by atoms with Gasteiger partial charge in [-0.15, -0.1) is 0 Å². The van der Waals surface area contributed by atoms with E-state index in [1.165, 1.54) is 37.2 Å². The molecule has 0 unspecified atom stereocenters. The Bertz CT molecular complexity index is 537. The van der Waals surface area contributed by atoms with Crippen molar-refractivity contribution in [3.05, 3.63) is 48.6 Å². The Labute approximate surface area is 130 Å². The van der Waals surface area contributed by atoms with Crippen LogP contribution in [0.25, 0.3) is 12.2 Å². The summed E-state index contributed by atoms with van der Waals surface area (Å²) < 4.78 is 0. The summed E-state index contributed by atoms with van der Waals surface area (Å²) in [6.07, 6.45) is 10.6. The summed E-state index contributed by atoms with van der Waals surface area (Å²) in [7, 11) is 0. The van der Waals surface area contributed by atoms with Crippen molar-refractivity contribution in [2.24, 2.45) is 0 Å². The van der Waals surface area contributed by atoms with Crippen molar-refractivity contribution >= 4 is 24.1 Å². The molecule has 21 heavy (non-hydrogen) atoms. The van der Waals surface area contributed by atoms with Crippen LogP contribution >= 0.6 is 0 Å². The van der Waals surface area contributed by atoms with E-state index in [0.717, 1.165) is 12.2 Å². The Morgan fingerprint density at radius 3 is 1.52 bits per heavy atom. The van der Waals surface area contributed by atoms with E-state index in [1.807, 2.05) is 0 Å². The molecule has 8 nitrogen and oxygen atoms in total. The second kappa shape index (κ2) is 10.2. The molecule has 0 aromatic carbocycles. The van der Waals surface area contributed by atoms with E-state index in [0.29, 0.717) is 11.4 Å². The summed E-state index contributed by atoms with van der Waals surface area (Å²) >= 11 is 0. The van der Waals surface area contributed by atoms with Gasteiger partial charge in [-0.3, -0.25) is 0 Å². The van der Waals surface area contributed by atoms with E-state index < -0.39 is 11.9 Å². The monoisotopic (exact) mass is 329 g/mol. The van der Waals surface area contributed by atoms with E-state index in [2.05, 4.69) is 19.9 Å². The minimum atomic E-state index is -1.21. The maximum absolute atomic E-state index is 9.86. The molecule has 0 amide bonds. The minimum Gasteiger partial charge on any atom is -0.545 e. The molecule has 1 radical (unpaired) electrons. The Hall–Kier alpha value is -2.64. The van der Waals surface area contributed by atoms with Crippen LogP contribution in [0.1, 0.15) is 11.4 Å². The molecule has 0 aliphatic rings. The van der Waals surface area contributed by atoms with Gasteiger partial charge in [0.2, 0.25) is 0 Å². The van der Waals surface area contributed by atoms with Gasteiger partial charge in [-0.2, -0.15) is 0 Å². The van der Waals surface area contributed by atoms with Crippen molar-refractivity contribution in [1.82, 2.24) is 19.9 Å². The molecule has 0 bridgehead atoms. The number of carbonyl (C=O) groups excluding carboxylic acids is 2. The first-order valence-electron chi connectivity index (χ1n) is 5.33. The maximum Gasteiger partial charge on any atom is 2.00 e. The van der Waals surface area contributed by atoms with Crippen LogP contribution in [-0.2, 0) is 26.7 Å². The Kier molecular flexibility index (Phi) is 8.90. The Morgan fingerprint density at radius 1 is 0.905 bits per heavy atom. The van der Waals surface area contributed by atoms with Crippen LogP contribution in [-0.4, -0.2) is 31.9 Å². The number of aromatic amines is 2. The van der Waals surface area contributed by atoms with Crippen molar-refractivity contribution in [3.8, 4) is 0 Å². The number of aliphatic carboxylic acids is 2. The standard InChI is InChI=1S/2C6H6N2O2.Mn/c2*9-6(10)2-1-5-3-7-4-8-5;/h2*1-4H,(H,7,8)(H,9,10);/q;;+2/p-2. The molecule has 2 aromatic rings. The summed E-state index contributed by atoms with van der Waals surface area (Å²) in [5.74, 6) is -2.43. The van der Waals surface area contributed by atoms with Crippen LogP contribution in [0.5, 0.6) is 0 Å². The zero-order valence-corrected chi connectivity index (χ0v) is 11.7. The summed E-state index contributed by atoms with van der Waals surface area (Å²) in [6.45, 7) is 0. The number of aromatic nitrogens is 4. The smallest absolute Gasteiger partial charge is 0.545 e. The summed E-state index contributed by atoms with van der Waals surface area (Å²) in [5, 5.41) is 19.7. The van der Waals surface area contributed by atoms with Gasteiger partial charge in [0.1, 0.15) is 0 Å². The molecular formula is C12H10MnN4O4. The Balaban J connectivity index is 0.000000364. The minimum absolute atomic E-state index is 0. The molecule has 0 atom stereocenters. The molecule has 0 fully saturated rings. The van der Waals surface area contributed by atoms with Gasteiger partial charge in [0.25, 0.3) is 0 Å². The van der Waals surface area contributed by atoms with Gasteiger partial charge in [0.15, 0.2) is 0 Å². The number of H-pyrrole nitrogens is 2. The fraction of sp³-hybridized carbons (Fsp3) is 0. The fourth-order valence-electron chi connectivity index (χ4n) is 1.03. The second-order valence-electron chi connectivity index (χ2n) is 3.32. The van der Waals surface area contributed by atoms with Gasteiger partial charge < -0.3 is 29.8 Å². The number of nitrogens with zero attached hydrogens (tertiary/aromatic N) is 2. The van der Waals surface area contributed by atoms with Gasteiger partial charge >= 0.3 is 17.1 Å². The van der Waals surface area contributed by atoms with Crippen LogP contribution in [0.3, 0.4) is 0 Å². The van der Waals surface area contributed by atoms with Gasteiger partial charge in [0.05, 0.1) is 48.4 Å². The number of nitrogens with one attached hydrogen (secondary N) is 2. The molecule has 2 aromatic heterocycles. The number of carbonyl (C=O) groups is 2. The van der Waals surface area contributed by atoms with Crippen molar-refractivity contribution < 1.29 is 36.9 Å². The number of imidazole rings is 2. The molecule has 2 rings (SSSR count). The molecule has 0 spiro atoms. The number of carboxylic acids is 2. The average molecular weight is 329 g/mol. The molecular weight excluding hydrogens is 319 g/mol. The van der Waals surface area contributed by atoms with Gasteiger partial charge in [-0.1, -0.05) is 0 Å². The molecule has 9 heteroatoms. The zero-order valence-electron chi connectivity index (χ0n) is 10.5. The van der Waals surface area contributed by atoms with E-state index in [-0.39, 0.29) is 17.1 Å². The number of hydrogen-bond acceptors (Lipinski definition) is 6. The molecule has 2 N–H and O–H groups in total.